The Morgan fingerprint density at radius 2 is 1.96 bits per heavy atom. The quantitative estimate of drug-likeness (QED) is 0.595. The highest BCUT2D eigenvalue weighted by Crippen LogP contribution is 2.40. The molecule has 1 aromatic heterocycles. The molecule has 24 heavy (non-hydrogen) atoms. The average Bonchev–Trinajstić information content (AvgIpc) is 3.04. The normalized spacial score (nSPS) is 12.1. The van der Waals surface area contributed by atoms with Crippen molar-refractivity contribution in [1.82, 2.24) is 15.5 Å². The Labute approximate surface area is 160 Å². The van der Waals surface area contributed by atoms with E-state index >= 15 is 0 Å². The maximum atomic E-state index is 11.6. The van der Waals surface area contributed by atoms with Crippen molar-refractivity contribution >= 4 is 52.4 Å². The fourth-order valence-corrected chi connectivity index (χ4v) is 5.20. The molecule has 1 N–H and O–H groups in total. The van der Waals surface area contributed by atoms with Gasteiger partial charge in [-0.1, -0.05) is 72.4 Å². The third-order valence-corrected chi connectivity index (χ3v) is 6.96. The standard InChI is InChI=1S/C16H20ClN3OS3/c1-3-9-18-14(21)10-22-15-19-20-16(24-15)23-13(4-2)11-5-7-12(17)8-6-11/h5-8,13H,3-4,9-10H2,1-2H3,(H,18,21). The number of amides is 1. The van der Waals surface area contributed by atoms with Gasteiger partial charge in [-0.2, -0.15) is 0 Å². The molecule has 0 bridgehead atoms. The van der Waals surface area contributed by atoms with Crippen molar-refractivity contribution < 1.29 is 4.79 Å². The summed E-state index contributed by atoms with van der Waals surface area (Å²) in [5, 5.41) is 12.3. The van der Waals surface area contributed by atoms with Gasteiger partial charge >= 0.3 is 0 Å². The lowest BCUT2D eigenvalue weighted by atomic mass is 10.1. The molecule has 1 atom stereocenters. The summed E-state index contributed by atoms with van der Waals surface area (Å²) in [5.41, 5.74) is 1.23. The molecule has 4 nitrogen and oxygen atoms in total. The van der Waals surface area contributed by atoms with Crippen molar-refractivity contribution in [3.05, 3.63) is 34.9 Å². The number of carbonyl (C=O) groups excluding carboxylic acids is 1. The van der Waals surface area contributed by atoms with Crippen LogP contribution in [0.5, 0.6) is 0 Å². The molecule has 1 unspecified atom stereocenters. The Balaban J connectivity index is 1.89. The minimum absolute atomic E-state index is 0.0406. The molecule has 1 heterocycles. The van der Waals surface area contributed by atoms with Crippen LogP contribution in [0.1, 0.15) is 37.5 Å². The molecule has 0 radical (unpaired) electrons. The Bertz CT molecular complexity index is 648. The molecule has 1 amide bonds. The number of carbonyl (C=O) groups is 1. The smallest absolute Gasteiger partial charge is 0.230 e. The number of nitrogens with one attached hydrogen (secondary N) is 1. The zero-order valence-electron chi connectivity index (χ0n) is 13.6. The number of thioether (sulfide) groups is 2. The van der Waals surface area contributed by atoms with E-state index in [1.165, 1.54) is 28.7 Å². The van der Waals surface area contributed by atoms with Crippen LogP contribution in [0.2, 0.25) is 5.02 Å². The molecule has 0 aliphatic rings. The number of benzene rings is 1. The van der Waals surface area contributed by atoms with Gasteiger partial charge in [0.05, 0.1) is 5.75 Å². The van der Waals surface area contributed by atoms with Crippen LogP contribution < -0.4 is 5.32 Å². The van der Waals surface area contributed by atoms with E-state index in [0.29, 0.717) is 11.0 Å². The van der Waals surface area contributed by atoms with Gasteiger partial charge in [-0.25, -0.2) is 0 Å². The summed E-state index contributed by atoms with van der Waals surface area (Å²) >= 11 is 10.6. The third-order valence-electron chi connectivity index (χ3n) is 3.14. The van der Waals surface area contributed by atoms with Crippen LogP contribution in [0.25, 0.3) is 0 Å². The van der Waals surface area contributed by atoms with Gasteiger partial charge in [0, 0.05) is 16.8 Å². The van der Waals surface area contributed by atoms with E-state index in [2.05, 4.69) is 34.6 Å². The highest BCUT2D eigenvalue weighted by Gasteiger charge is 2.15. The first kappa shape index (κ1) is 19.6. The van der Waals surface area contributed by atoms with Crippen molar-refractivity contribution in [1.29, 1.82) is 0 Å². The van der Waals surface area contributed by atoms with Crippen LogP contribution in [0, 0.1) is 0 Å². The van der Waals surface area contributed by atoms with Gasteiger partial charge < -0.3 is 5.32 Å². The summed E-state index contributed by atoms with van der Waals surface area (Å²) in [6.07, 6.45) is 1.94. The minimum atomic E-state index is 0.0406. The van der Waals surface area contributed by atoms with Gasteiger partial charge in [-0.3, -0.25) is 4.79 Å². The molecule has 0 aliphatic heterocycles. The topological polar surface area (TPSA) is 54.9 Å². The maximum absolute atomic E-state index is 11.6. The van der Waals surface area contributed by atoms with Crippen LogP contribution in [-0.4, -0.2) is 28.4 Å². The van der Waals surface area contributed by atoms with Crippen LogP contribution in [0.15, 0.2) is 32.9 Å². The van der Waals surface area contributed by atoms with E-state index < -0.39 is 0 Å². The highest BCUT2D eigenvalue weighted by atomic mass is 35.5. The highest BCUT2D eigenvalue weighted by molar-refractivity contribution is 8.03. The lowest BCUT2D eigenvalue weighted by Gasteiger charge is -2.12. The van der Waals surface area contributed by atoms with Gasteiger partial charge in [0.2, 0.25) is 5.91 Å². The second kappa shape index (κ2) is 10.3. The van der Waals surface area contributed by atoms with Crippen LogP contribution in [-0.2, 0) is 4.79 Å². The van der Waals surface area contributed by atoms with Gasteiger partial charge in [0.15, 0.2) is 8.68 Å². The third kappa shape index (κ3) is 6.27. The van der Waals surface area contributed by atoms with E-state index in [4.69, 9.17) is 11.6 Å². The van der Waals surface area contributed by atoms with Crippen LogP contribution in [0.4, 0.5) is 0 Å². The van der Waals surface area contributed by atoms with E-state index in [9.17, 15) is 4.79 Å². The summed E-state index contributed by atoms with van der Waals surface area (Å²) in [5.74, 6) is 0.423. The van der Waals surface area contributed by atoms with Crippen molar-refractivity contribution in [3.63, 3.8) is 0 Å². The molecule has 130 valence electrons. The molecule has 0 aliphatic carbocycles. The first-order valence-electron chi connectivity index (χ1n) is 7.77. The van der Waals surface area contributed by atoms with Crippen molar-refractivity contribution in [2.24, 2.45) is 0 Å². The van der Waals surface area contributed by atoms with Gasteiger partial charge in [-0.05, 0) is 30.5 Å². The predicted molar refractivity (Wildman–Crippen MR) is 104 cm³/mol. The number of halogens is 1. The Hall–Kier alpha value is -0.760. The molecule has 8 heteroatoms. The fraction of sp³-hybridized carbons (Fsp3) is 0.438. The molecule has 1 aromatic carbocycles. The molecule has 2 aromatic rings. The SMILES string of the molecule is CCCNC(=O)CSc1nnc(SC(CC)c2ccc(Cl)cc2)s1. The first-order valence-corrected chi connectivity index (χ1v) is 10.8. The second-order valence-corrected chi connectivity index (χ2v) is 9.13. The van der Waals surface area contributed by atoms with Gasteiger partial charge in [0.1, 0.15) is 0 Å². The average molecular weight is 402 g/mol. The van der Waals surface area contributed by atoms with E-state index in [0.717, 1.165) is 33.1 Å². The lowest BCUT2D eigenvalue weighted by molar-refractivity contribution is -0.118. The monoisotopic (exact) mass is 401 g/mol. The number of aromatic nitrogens is 2. The zero-order chi connectivity index (χ0) is 17.4. The number of hydrogen-bond acceptors (Lipinski definition) is 6. The van der Waals surface area contributed by atoms with E-state index in [-0.39, 0.29) is 5.91 Å². The zero-order valence-corrected chi connectivity index (χ0v) is 16.8. The van der Waals surface area contributed by atoms with E-state index in [1.54, 1.807) is 11.8 Å². The summed E-state index contributed by atoms with van der Waals surface area (Å²) in [6, 6.07) is 7.93. The van der Waals surface area contributed by atoms with Crippen molar-refractivity contribution in [2.75, 3.05) is 12.3 Å². The van der Waals surface area contributed by atoms with Gasteiger partial charge in [0.25, 0.3) is 0 Å². The molecular formula is C16H20ClN3OS3. The van der Waals surface area contributed by atoms with E-state index in [1.807, 2.05) is 19.1 Å². The lowest BCUT2D eigenvalue weighted by Crippen LogP contribution is -2.25. The maximum Gasteiger partial charge on any atom is 0.230 e. The largest absolute Gasteiger partial charge is 0.355 e. The molecule has 0 saturated heterocycles. The molecule has 0 saturated carbocycles. The Kier molecular flexibility index (Phi) is 8.38. The van der Waals surface area contributed by atoms with Gasteiger partial charge in [-0.15, -0.1) is 10.2 Å². The molecule has 2 rings (SSSR count). The molecule has 0 spiro atoms. The van der Waals surface area contributed by atoms with Crippen molar-refractivity contribution in [3.8, 4) is 0 Å². The number of hydrogen-bond donors (Lipinski definition) is 1. The number of rotatable bonds is 9. The summed E-state index contributed by atoms with van der Waals surface area (Å²) in [6.45, 7) is 4.91. The minimum Gasteiger partial charge on any atom is -0.355 e. The summed E-state index contributed by atoms with van der Waals surface area (Å²) < 4.78 is 1.75. The second-order valence-electron chi connectivity index (χ2n) is 5.04. The molecular weight excluding hydrogens is 382 g/mol. The Morgan fingerprint density at radius 3 is 2.62 bits per heavy atom. The fourth-order valence-electron chi connectivity index (χ4n) is 1.93. The number of nitrogens with zero attached hydrogens (tertiary/aromatic N) is 2. The summed E-state index contributed by atoms with van der Waals surface area (Å²) in [7, 11) is 0. The Morgan fingerprint density at radius 1 is 1.25 bits per heavy atom. The van der Waals surface area contributed by atoms with Crippen LogP contribution in [0.3, 0.4) is 0 Å². The van der Waals surface area contributed by atoms with Crippen LogP contribution >= 0.6 is 46.5 Å². The molecule has 0 fully saturated rings. The summed E-state index contributed by atoms with van der Waals surface area (Å²) in [4.78, 5) is 11.6. The van der Waals surface area contributed by atoms with Crippen molar-refractivity contribution in [2.45, 2.75) is 40.6 Å². The predicted octanol–water partition coefficient (Wildman–Crippen LogP) is 5.05. The first-order chi connectivity index (χ1) is 11.6.